The summed E-state index contributed by atoms with van der Waals surface area (Å²) in [5.74, 6) is 0.327. The summed E-state index contributed by atoms with van der Waals surface area (Å²) in [6.45, 7) is 0. The number of fused-ring (bicyclic) bond motifs is 1. The Morgan fingerprint density at radius 2 is 2.11 bits per heavy atom. The van der Waals surface area contributed by atoms with Crippen molar-refractivity contribution in [1.82, 2.24) is 20.2 Å². The molecule has 3 aromatic heterocycles. The molecule has 0 fully saturated rings. The summed E-state index contributed by atoms with van der Waals surface area (Å²) in [5.41, 5.74) is 1.27. The largest absolute Gasteiger partial charge is 0.307 e. The molecule has 0 bridgehead atoms. The molecule has 0 unspecified atom stereocenters. The number of aromatic nitrogens is 4. The van der Waals surface area contributed by atoms with Crippen molar-refractivity contribution in [3.8, 4) is 0 Å². The summed E-state index contributed by atoms with van der Waals surface area (Å²) >= 11 is 0. The fraction of sp³-hybridized carbons (Fsp3) is 0. The molecular weight excluding hydrogens is 230 g/mol. The van der Waals surface area contributed by atoms with E-state index >= 15 is 0 Å². The van der Waals surface area contributed by atoms with Gasteiger partial charge in [-0.25, -0.2) is 0 Å². The molecule has 0 aromatic carbocycles. The van der Waals surface area contributed by atoms with Crippen molar-refractivity contribution >= 4 is 22.6 Å². The minimum Gasteiger partial charge on any atom is -0.307 e. The zero-order chi connectivity index (χ0) is 12.4. The molecule has 3 aromatic rings. The quantitative estimate of drug-likeness (QED) is 0.711. The van der Waals surface area contributed by atoms with Crippen LogP contribution in [0.25, 0.3) is 10.9 Å². The normalized spacial score (nSPS) is 10.4. The Bertz CT molecular complexity index is 687. The Morgan fingerprint density at radius 1 is 1.17 bits per heavy atom. The van der Waals surface area contributed by atoms with Gasteiger partial charge in [0, 0.05) is 30.0 Å². The summed E-state index contributed by atoms with van der Waals surface area (Å²) < 4.78 is 0. The summed E-state index contributed by atoms with van der Waals surface area (Å²) in [4.78, 5) is 20.3. The number of carbonyl (C=O) groups is 1. The van der Waals surface area contributed by atoms with Gasteiger partial charge < -0.3 is 5.32 Å². The Kier molecular flexibility index (Phi) is 2.45. The van der Waals surface area contributed by atoms with Gasteiger partial charge in [-0.3, -0.25) is 19.9 Å². The molecule has 0 atom stereocenters. The average molecular weight is 239 g/mol. The van der Waals surface area contributed by atoms with Crippen LogP contribution in [0, 0.1) is 0 Å². The number of amides is 1. The third-order valence-corrected chi connectivity index (χ3v) is 2.54. The predicted octanol–water partition coefficient (Wildman–Crippen LogP) is 1.61. The number of hydrogen-bond acceptors (Lipinski definition) is 4. The van der Waals surface area contributed by atoms with Crippen LogP contribution < -0.4 is 5.32 Å². The highest BCUT2D eigenvalue weighted by Crippen LogP contribution is 2.16. The highest BCUT2D eigenvalue weighted by molar-refractivity contribution is 6.11. The van der Waals surface area contributed by atoms with Crippen LogP contribution in [0.15, 0.2) is 43.0 Å². The molecule has 0 saturated heterocycles. The van der Waals surface area contributed by atoms with Gasteiger partial charge in [-0.2, -0.15) is 5.10 Å². The van der Waals surface area contributed by atoms with Gasteiger partial charge >= 0.3 is 0 Å². The SMILES string of the molecule is O=C(Nc1ccn[nH]1)c1ccnc2ccncc12. The average Bonchev–Trinajstić information content (AvgIpc) is 2.91. The molecule has 0 saturated carbocycles. The van der Waals surface area contributed by atoms with E-state index in [2.05, 4.69) is 25.5 Å². The van der Waals surface area contributed by atoms with Crippen LogP contribution in [-0.4, -0.2) is 26.1 Å². The van der Waals surface area contributed by atoms with Crippen molar-refractivity contribution in [3.63, 3.8) is 0 Å². The van der Waals surface area contributed by atoms with Crippen LogP contribution in [0.2, 0.25) is 0 Å². The standard InChI is InChI=1S/C12H9N5O/c18-12(16-11-3-6-15-17-11)8-1-5-14-10-2-4-13-7-9(8)10/h1-7H,(H2,15,16,17,18). The van der Waals surface area contributed by atoms with Gasteiger partial charge in [0.2, 0.25) is 0 Å². The topological polar surface area (TPSA) is 83.6 Å². The number of rotatable bonds is 2. The molecule has 1 amide bonds. The molecule has 0 radical (unpaired) electrons. The number of aromatic amines is 1. The second-order valence-corrected chi connectivity index (χ2v) is 3.68. The molecule has 3 rings (SSSR count). The van der Waals surface area contributed by atoms with Crippen LogP contribution in [0.3, 0.4) is 0 Å². The van der Waals surface area contributed by atoms with Gasteiger partial charge in [0.05, 0.1) is 17.3 Å². The molecule has 18 heavy (non-hydrogen) atoms. The van der Waals surface area contributed by atoms with Gasteiger partial charge in [0.1, 0.15) is 5.82 Å². The fourth-order valence-electron chi connectivity index (χ4n) is 1.70. The van der Waals surface area contributed by atoms with Crippen molar-refractivity contribution in [1.29, 1.82) is 0 Å². The van der Waals surface area contributed by atoms with E-state index in [-0.39, 0.29) is 5.91 Å². The van der Waals surface area contributed by atoms with Crippen LogP contribution in [0.1, 0.15) is 10.4 Å². The molecule has 0 spiro atoms. The third-order valence-electron chi connectivity index (χ3n) is 2.54. The van der Waals surface area contributed by atoms with Gasteiger partial charge in [-0.05, 0) is 12.1 Å². The minimum atomic E-state index is -0.223. The Labute approximate surface area is 102 Å². The summed E-state index contributed by atoms with van der Waals surface area (Å²) in [7, 11) is 0. The Morgan fingerprint density at radius 3 is 2.94 bits per heavy atom. The Hall–Kier alpha value is -2.76. The maximum atomic E-state index is 12.1. The minimum absolute atomic E-state index is 0.223. The predicted molar refractivity (Wildman–Crippen MR) is 66.1 cm³/mol. The highest BCUT2D eigenvalue weighted by Gasteiger charge is 2.11. The molecular formula is C12H9N5O. The first-order valence-electron chi connectivity index (χ1n) is 5.34. The second-order valence-electron chi connectivity index (χ2n) is 3.68. The van der Waals surface area contributed by atoms with Gasteiger partial charge in [-0.15, -0.1) is 0 Å². The highest BCUT2D eigenvalue weighted by atomic mass is 16.1. The van der Waals surface area contributed by atoms with Crippen molar-refractivity contribution in [2.45, 2.75) is 0 Å². The summed E-state index contributed by atoms with van der Waals surface area (Å²) in [5, 5.41) is 9.88. The van der Waals surface area contributed by atoms with Gasteiger partial charge in [-0.1, -0.05) is 0 Å². The van der Waals surface area contributed by atoms with Crippen molar-refractivity contribution in [2.24, 2.45) is 0 Å². The summed E-state index contributed by atoms with van der Waals surface area (Å²) in [6.07, 6.45) is 6.45. The van der Waals surface area contributed by atoms with Crippen molar-refractivity contribution < 1.29 is 4.79 Å². The van der Waals surface area contributed by atoms with Crippen LogP contribution in [0.5, 0.6) is 0 Å². The van der Waals surface area contributed by atoms with Crippen LogP contribution in [-0.2, 0) is 0 Å². The number of nitrogens with zero attached hydrogens (tertiary/aromatic N) is 3. The lowest BCUT2D eigenvalue weighted by molar-refractivity contribution is 0.102. The van der Waals surface area contributed by atoms with E-state index in [4.69, 9.17) is 0 Å². The lowest BCUT2D eigenvalue weighted by atomic mass is 10.1. The zero-order valence-corrected chi connectivity index (χ0v) is 9.29. The number of H-pyrrole nitrogens is 1. The smallest absolute Gasteiger partial charge is 0.257 e. The van der Waals surface area contributed by atoms with E-state index in [1.54, 1.807) is 43.0 Å². The molecule has 6 heteroatoms. The number of carbonyl (C=O) groups excluding carboxylic acids is 1. The van der Waals surface area contributed by atoms with Gasteiger partial charge in [0.15, 0.2) is 0 Å². The van der Waals surface area contributed by atoms with E-state index in [9.17, 15) is 4.79 Å². The van der Waals surface area contributed by atoms with E-state index < -0.39 is 0 Å². The number of nitrogens with one attached hydrogen (secondary N) is 2. The third kappa shape index (κ3) is 1.80. The van der Waals surface area contributed by atoms with E-state index in [0.29, 0.717) is 11.4 Å². The first kappa shape index (κ1) is 10.4. The fourth-order valence-corrected chi connectivity index (χ4v) is 1.70. The molecule has 0 aliphatic heterocycles. The molecule has 0 aliphatic rings. The van der Waals surface area contributed by atoms with Crippen LogP contribution in [0.4, 0.5) is 5.82 Å². The van der Waals surface area contributed by atoms with Crippen LogP contribution >= 0.6 is 0 Å². The lowest BCUT2D eigenvalue weighted by Crippen LogP contribution is -2.13. The van der Waals surface area contributed by atoms with E-state index in [1.165, 1.54) is 0 Å². The number of anilines is 1. The first-order valence-corrected chi connectivity index (χ1v) is 5.34. The number of hydrogen-bond donors (Lipinski definition) is 2. The summed E-state index contributed by atoms with van der Waals surface area (Å²) in [6, 6.07) is 5.11. The molecule has 88 valence electrons. The Balaban J connectivity index is 2.01. The van der Waals surface area contributed by atoms with E-state index in [0.717, 1.165) is 10.9 Å². The monoisotopic (exact) mass is 239 g/mol. The van der Waals surface area contributed by atoms with Crippen molar-refractivity contribution in [3.05, 3.63) is 48.5 Å². The molecule has 3 heterocycles. The number of pyridine rings is 2. The maximum Gasteiger partial charge on any atom is 0.257 e. The molecule has 6 nitrogen and oxygen atoms in total. The van der Waals surface area contributed by atoms with E-state index in [1.807, 2.05) is 0 Å². The maximum absolute atomic E-state index is 12.1. The molecule has 0 aliphatic carbocycles. The van der Waals surface area contributed by atoms with Gasteiger partial charge in [0.25, 0.3) is 5.91 Å². The molecule has 2 N–H and O–H groups in total. The first-order chi connectivity index (χ1) is 8.84. The second kappa shape index (κ2) is 4.25. The zero-order valence-electron chi connectivity index (χ0n) is 9.29. The van der Waals surface area contributed by atoms with Crippen molar-refractivity contribution in [2.75, 3.05) is 5.32 Å². The lowest BCUT2D eigenvalue weighted by Gasteiger charge is -2.05.